The Morgan fingerprint density at radius 1 is 1.30 bits per heavy atom. The number of phenolic OH excluding ortho intramolecular Hbond substituents is 1. The van der Waals surface area contributed by atoms with E-state index in [1.165, 1.54) is 12.1 Å². The maximum atomic E-state index is 11.7. The predicted octanol–water partition coefficient (Wildman–Crippen LogP) is 0.602. The van der Waals surface area contributed by atoms with Crippen LogP contribution >= 0.6 is 0 Å². The van der Waals surface area contributed by atoms with Gasteiger partial charge in [0, 0.05) is 18.7 Å². The topological polar surface area (TPSA) is 99.7 Å². The molecule has 0 aliphatic carbocycles. The summed E-state index contributed by atoms with van der Waals surface area (Å²) in [5.74, 6) is 0.251. The summed E-state index contributed by atoms with van der Waals surface area (Å²) in [6.07, 6.45) is 0. The number of nitrogens with zero attached hydrogens (tertiary/aromatic N) is 1. The van der Waals surface area contributed by atoms with Gasteiger partial charge in [-0.05, 0) is 31.2 Å². The quantitative estimate of drug-likeness (QED) is 0.264. The maximum Gasteiger partial charge on any atom is 0.251 e. The smallest absolute Gasteiger partial charge is 0.251 e. The number of guanidine groups is 1. The van der Waals surface area contributed by atoms with Crippen molar-refractivity contribution in [2.24, 2.45) is 10.7 Å². The van der Waals surface area contributed by atoms with Gasteiger partial charge in [0.05, 0.1) is 6.54 Å². The molecule has 6 heteroatoms. The second-order valence-corrected chi connectivity index (χ2v) is 4.39. The van der Waals surface area contributed by atoms with E-state index in [2.05, 4.69) is 22.2 Å². The standard InChI is InChI=1S/C14H20N4O2/c1-10(2)9-18-14(15)17-8-7-16-13(20)11-3-5-12(19)6-4-11/h3-6,19H,1,7-9H2,2H3,(H,16,20)(H3,15,17,18). The number of nitrogens with two attached hydrogens (primary N) is 1. The van der Waals surface area contributed by atoms with Crippen molar-refractivity contribution in [2.45, 2.75) is 6.92 Å². The average molecular weight is 276 g/mol. The number of phenols is 1. The highest BCUT2D eigenvalue weighted by molar-refractivity contribution is 5.94. The molecular weight excluding hydrogens is 256 g/mol. The number of nitrogens with one attached hydrogen (secondary N) is 2. The van der Waals surface area contributed by atoms with Crippen LogP contribution in [0.1, 0.15) is 17.3 Å². The third-order valence-electron chi connectivity index (χ3n) is 2.37. The monoisotopic (exact) mass is 276 g/mol. The average Bonchev–Trinajstić information content (AvgIpc) is 2.42. The third-order valence-corrected chi connectivity index (χ3v) is 2.37. The zero-order chi connectivity index (χ0) is 15.0. The van der Waals surface area contributed by atoms with Crippen LogP contribution < -0.4 is 16.4 Å². The van der Waals surface area contributed by atoms with Crippen LogP contribution in [0.4, 0.5) is 0 Å². The molecule has 0 spiro atoms. The van der Waals surface area contributed by atoms with Gasteiger partial charge in [-0.3, -0.25) is 4.79 Å². The van der Waals surface area contributed by atoms with Gasteiger partial charge >= 0.3 is 0 Å². The van der Waals surface area contributed by atoms with Crippen molar-refractivity contribution in [2.75, 3.05) is 19.6 Å². The minimum atomic E-state index is -0.204. The van der Waals surface area contributed by atoms with E-state index in [4.69, 9.17) is 10.8 Å². The van der Waals surface area contributed by atoms with Crippen molar-refractivity contribution in [3.63, 3.8) is 0 Å². The van der Waals surface area contributed by atoms with Gasteiger partial charge in [-0.1, -0.05) is 12.2 Å². The van der Waals surface area contributed by atoms with Crippen LogP contribution in [-0.2, 0) is 0 Å². The molecule has 0 saturated carbocycles. The van der Waals surface area contributed by atoms with Crippen molar-refractivity contribution in [1.29, 1.82) is 0 Å². The molecule has 1 aromatic carbocycles. The Bertz CT molecular complexity index is 494. The largest absolute Gasteiger partial charge is 0.508 e. The summed E-state index contributed by atoms with van der Waals surface area (Å²) in [5.41, 5.74) is 7.04. The molecule has 108 valence electrons. The highest BCUT2D eigenvalue weighted by Gasteiger charge is 2.03. The van der Waals surface area contributed by atoms with Crippen LogP contribution in [0.15, 0.2) is 41.4 Å². The van der Waals surface area contributed by atoms with Gasteiger partial charge in [0.2, 0.25) is 0 Å². The molecule has 5 N–H and O–H groups in total. The number of hydrogen-bond acceptors (Lipinski definition) is 3. The first-order valence-corrected chi connectivity index (χ1v) is 6.24. The highest BCUT2D eigenvalue weighted by atomic mass is 16.3. The minimum absolute atomic E-state index is 0.129. The van der Waals surface area contributed by atoms with Crippen LogP contribution in [0.3, 0.4) is 0 Å². The lowest BCUT2D eigenvalue weighted by molar-refractivity contribution is 0.0954. The molecule has 0 bridgehead atoms. The van der Waals surface area contributed by atoms with E-state index in [-0.39, 0.29) is 11.7 Å². The van der Waals surface area contributed by atoms with Crippen LogP contribution in [0.5, 0.6) is 5.75 Å². The van der Waals surface area contributed by atoms with Crippen LogP contribution in [0.25, 0.3) is 0 Å². The fourth-order valence-corrected chi connectivity index (χ4v) is 1.36. The Kier molecular flexibility index (Phi) is 6.09. The zero-order valence-corrected chi connectivity index (χ0v) is 11.5. The molecule has 0 atom stereocenters. The Labute approximate surface area is 118 Å². The molecule has 6 nitrogen and oxygen atoms in total. The molecule has 0 saturated heterocycles. The van der Waals surface area contributed by atoms with E-state index in [9.17, 15) is 4.79 Å². The molecule has 0 aliphatic rings. The summed E-state index contributed by atoms with van der Waals surface area (Å²) in [4.78, 5) is 15.8. The van der Waals surface area contributed by atoms with E-state index < -0.39 is 0 Å². The van der Waals surface area contributed by atoms with Crippen molar-refractivity contribution in [3.05, 3.63) is 42.0 Å². The first-order chi connectivity index (χ1) is 9.49. The first-order valence-electron chi connectivity index (χ1n) is 6.24. The summed E-state index contributed by atoms with van der Waals surface area (Å²) in [6.45, 7) is 6.98. The van der Waals surface area contributed by atoms with Gasteiger partial charge in [0.15, 0.2) is 5.96 Å². The van der Waals surface area contributed by atoms with Crippen LogP contribution in [-0.4, -0.2) is 36.6 Å². The Morgan fingerprint density at radius 2 is 1.90 bits per heavy atom. The van der Waals surface area contributed by atoms with Crippen molar-refractivity contribution >= 4 is 11.9 Å². The van der Waals surface area contributed by atoms with E-state index in [1.807, 2.05) is 6.92 Å². The molecule has 1 amide bonds. The van der Waals surface area contributed by atoms with E-state index in [0.29, 0.717) is 31.2 Å². The molecule has 0 radical (unpaired) electrons. The molecule has 20 heavy (non-hydrogen) atoms. The number of benzene rings is 1. The number of aromatic hydroxyl groups is 1. The van der Waals surface area contributed by atoms with Crippen LogP contribution in [0, 0.1) is 0 Å². The molecule has 0 fully saturated rings. The third kappa shape index (κ3) is 5.90. The molecule has 0 aromatic heterocycles. The minimum Gasteiger partial charge on any atom is -0.508 e. The van der Waals surface area contributed by atoms with Crippen molar-refractivity contribution in [1.82, 2.24) is 10.6 Å². The predicted molar refractivity (Wildman–Crippen MR) is 79.7 cm³/mol. The van der Waals surface area contributed by atoms with Gasteiger partial charge in [0.25, 0.3) is 5.91 Å². The molecule has 0 aliphatic heterocycles. The summed E-state index contributed by atoms with van der Waals surface area (Å²) < 4.78 is 0. The van der Waals surface area contributed by atoms with Crippen molar-refractivity contribution in [3.8, 4) is 5.75 Å². The van der Waals surface area contributed by atoms with E-state index in [0.717, 1.165) is 5.57 Å². The summed E-state index contributed by atoms with van der Waals surface area (Å²) in [6, 6.07) is 6.05. The molecular formula is C14H20N4O2. The number of hydrogen-bond donors (Lipinski definition) is 4. The Morgan fingerprint density at radius 3 is 2.50 bits per heavy atom. The Hall–Kier alpha value is -2.50. The van der Waals surface area contributed by atoms with E-state index in [1.54, 1.807) is 12.1 Å². The molecule has 1 rings (SSSR count). The lowest BCUT2D eigenvalue weighted by atomic mass is 10.2. The number of rotatable bonds is 6. The lowest BCUT2D eigenvalue weighted by Gasteiger charge is -2.07. The molecule has 0 heterocycles. The number of carbonyl (C=O) groups is 1. The summed E-state index contributed by atoms with van der Waals surface area (Å²) in [7, 11) is 0. The van der Waals surface area contributed by atoms with E-state index >= 15 is 0 Å². The SMILES string of the molecule is C=C(C)CN=C(N)NCCNC(=O)c1ccc(O)cc1. The number of amides is 1. The maximum absolute atomic E-state index is 11.7. The highest BCUT2D eigenvalue weighted by Crippen LogP contribution is 2.08. The fraction of sp³-hybridized carbons (Fsp3) is 0.286. The van der Waals surface area contributed by atoms with Gasteiger partial charge in [-0.15, -0.1) is 0 Å². The molecule has 1 aromatic rings. The van der Waals surface area contributed by atoms with Gasteiger partial charge in [-0.2, -0.15) is 0 Å². The Balaban J connectivity index is 2.27. The summed E-state index contributed by atoms with van der Waals surface area (Å²) in [5, 5.41) is 14.7. The van der Waals surface area contributed by atoms with Crippen LogP contribution in [0.2, 0.25) is 0 Å². The first kappa shape index (κ1) is 15.6. The van der Waals surface area contributed by atoms with Crippen molar-refractivity contribution < 1.29 is 9.90 Å². The molecule has 0 unspecified atom stereocenters. The second kappa shape index (κ2) is 7.83. The number of aliphatic imine (C=N–C) groups is 1. The van der Waals surface area contributed by atoms with Gasteiger partial charge in [0.1, 0.15) is 5.75 Å². The lowest BCUT2D eigenvalue weighted by Crippen LogP contribution is -2.38. The number of carbonyl (C=O) groups excluding carboxylic acids is 1. The summed E-state index contributed by atoms with van der Waals surface area (Å²) >= 11 is 0. The normalized spacial score (nSPS) is 10.9. The van der Waals surface area contributed by atoms with Gasteiger partial charge < -0.3 is 21.5 Å². The zero-order valence-electron chi connectivity index (χ0n) is 11.5. The second-order valence-electron chi connectivity index (χ2n) is 4.39. The van der Waals surface area contributed by atoms with Gasteiger partial charge in [-0.25, -0.2) is 4.99 Å². The fourth-order valence-electron chi connectivity index (χ4n) is 1.36.